The van der Waals surface area contributed by atoms with E-state index in [1.54, 1.807) is 0 Å². The Morgan fingerprint density at radius 1 is 0.465 bits per heavy atom. The topological polar surface area (TPSA) is 70.6 Å². The van der Waals surface area contributed by atoms with Crippen LogP contribution >= 0.6 is 0 Å². The van der Waals surface area contributed by atoms with Crippen molar-refractivity contribution in [3.8, 4) is 23.5 Å². The van der Waals surface area contributed by atoms with Crippen LogP contribution < -0.4 is 0 Å². The van der Waals surface area contributed by atoms with E-state index in [1.165, 1.54) is 10.8 Å². The molecule has 3 heterocycles. The van der Waals surface area contributed by atoms with Crippen LogP contribution in [0.25, 0.3) is 76.9 Å². The predicted octanol–water partition coefficient (Wildman–Crippen LogP) is 9.52. The Hall–Kier alpha value is -6.30. The number of rotatable bonds is 2. The van der Waals surface area contributed by atoms with E-state index in [0.717, 1.165) is 60.6 Å². The van der Waals surface area contributed by atoms with E-state index in [0.29, 0.717) is 16.7 Å². The third kappa shape index (κ3) is 3.19. The molecule has 0 N–H and O–H groups in total. The van der Waals surface area contributed by atoms with Crippen LogP contribution in [0.15, 0.2) is 126 Å². The van der Waals surface area contributed by atoms with Gasteiger partial charge >= 0.3 is 0 Å². The highest BCUT2D eigenvalue weighted by molar-refractivity contribution is 6.13. The highest BCUT2D eigenvalue weighted by Crippen LogP contribution is 2.39. The van der Waals surface area contributed by atoms with Crippen molar-refractivity contribution >= 4 is 65.6 Å². The molecule has 0 atom stereocenters. The van der Waals surface area contributed by atoms with Crippen LogP contribution in [0.2, 0.25) is 0 Å². The van der Waals surface area contributed by atoms with Gasteiger partial charge in [0.15, 0.2) is 5.58 Å². The van der Waals surface area contributed by atoms with Gasteiger partial charge in [-0.15, -0.1) is 0 Å². The number of fused-ring (bicyclic) bond motifs is 9. The highest BCUT2D eigenvalue weighted by atomic mass is 16.3. The SMILES string of the molecule is N#Cc1ccc2c(c1)c1ccccc1n2-c1cc(C#N)c2oc3ccc(-n4c5ccccc5c5ccccc54)cc3c2c1. The van der Waals surface area contributed by atoms with Crippen LogP contribution in [0, 0.1) is 22.7 Å². The second kappa shape index (κ2) is 8.60. The van der Waals surface area contributed by atoms with Gasteiger partial charge in [0.05, 0.1) is 39.3 Å². The van der Waals surface area contributed by atoms with Crippen molar-refractivity contribution in [2.75, 3.05) is 0 Å². The van der Waals surface area contributed by atoms with Crippen LogP contribution in [0.4, 0.5) is 0 Å². The molecule has 0 saturated carbocycles. The van der Waals surface area contributed by atoms with E-state index in [9.17, 15) is 10.5 Å². The molecule has 3 aromatic heterocycles. The van der Waals surface area contributed by atoms with Crippen molar-refractivity contribution in [2.45, 2.75) is 0 Å². The van der Waals surface area contributed by atoms with E-state index in [1.807, 2.05) is 42.5 Å². The minimum Gasteiger partial charge on any atom is -0.455 e. The molecule has 0 aliphatic rings. The Kier molecular flexibility index (Phi) is 4.68. The molecular weight excluding hydrogens is 528 g/mol. The molecule has 0 bridgehead atoms. The summed E-state index contributed by atoms with van der Waals surface area (Å²) in [5, 5.41) is 26.1. The number of furan rings is 1. The lowest BCUT2D eigenvalue weighted by atomic mass is 10.1. The number of nitrogens with zero attached hydrogens (tertiary/aromatic N) is 4. The zero-order chi connectivity index (χ0) is 28.7. The minimum atomic E-state index is 0.474. The largest absolute Gasteiger partial charge is 0.455 e. The van der Waals surface area contributed by atoms with Crippen LogP contribution in [0.5, 0.6) is 0 Å². The minimum absolute atomic E-state index is 0.474. The standard InChI is InChI=1S/C38H20N4O/c39-21-23-13-15-36-30(17-23)29-9-3-6-12-35(29)42(36)26-18-24(22-40)38-32(20-26)31-19-25(14-16-37(31)43-38)41-33-10-4-1-7-27(33)28-8-2-5-11-34(28)41/h1-20H. The van der Waals surface area contributed by atoms with Gasteiger partial charge in [-0.2, -0.15) is 10.5 Å². The summed E-state index contributed by atoms with van der Waals surface area (Å²) in [6.45, 7) is 0. The van der Waals surface area contributed by atoms with Gasteiger partial charge in [-0.05, 0) is 66.7 Å². The summed E-state index contributed by atoms with van der Waals surface area (Å²) in [4.78, 5) is 0. The maximum Gasteiger partial charge on any atom is 0.153 e. The molecule has 43 heavy (non-hydrogen) atoms. The molecular formula is C38H20N4O. The van der Waals surface area contributed by atoms with Gasteiger partial charge in [0.1, 0.15) is 11.7 Å². The second-order valence-electron chi connectivity index (χ2n) is 10.8. The number of hydrogen-bond acceptors (Lipinski definition) is 3. The third-order valence-corrected chi connectivity index (χ3v) is 8.56. The average Bonchev–Trinajstić information content (AvgIpc) is 3.71. The van der Waals surface area contributed by atoms with Gasteiger partial charge in [0.25, 0.3) is 0 Å². The predicted molar refractivity (Wildman–Crippen MR) is 172 cm³/mol. The monoisotopic (exact) mass is 548 g/mol. The summed E-state index contributed by atoms with van der Waals surface area (Å²) in [5.74, 6) is 0. The third-order valence-electron chi connectivity index (χ3n) is 8.56. The van der Waals surface area contributed by atoms with Crippen LogP contribution in [-0.2, 0) is 0 Å². The van der Waals surface area contributed by atoms with Crippen molar-refractivity contribution < 1.29 is 4.42 Å². The summed E-state index contributed by atoms with van der Waals surface area (Å²) in [7, 11) is 0. The van der Waals surface area contributed by atoms with E-state index < -0.39 is 0 Å². The molecule has 9 rings (SSSR count). The molecule has 0 unspecified atom stereocenters. The van der Waals surface area contributed by atoms with Gasteiger partial charge in [-0.1, -0.05) is 54.6 Å². The molecule has 0 spiro atoms. The number of para-hydroxylation sites is 3. The number of aromatic nitrogens is 2. The van der Waals surface area contributed by atoms with E-state index in [4.69, 9.17) is 4.42 Å². The summed E-state index contributed by atoms with van der Waals surface area (Å²) in [6, 6.07) is 45.7. The zero-order valence-corrected chi connectivity index (χ0v) is 22.7. The lowest BCUT2D eigenvalue weighted by Gasteiger charge is -2.09. The van der Waals surface area contributed by atoms with Gasteiger partial charge in [0, 0.05) is 43.7 Å². The summed E-state index contributed by atoms with van der Waals surface area (Å²) < 4.78 is 10.8. The fourth-order valence-corrected chi connectivity index (χ4v) is 6.72. The average molecular weight is 549 g/mol. The van der Waals surface area contributed by atoms with Gasteiger partial charge in [-0.25, -0.2) is 0 Å². The smallest absolute Gasteiger partial charge is 0.153 e. The number of nitriles is 2. The Balaban J connectivity index is 1.35. The Labute approximate surface area is 245 Å². The van der Waals surface area contributed by atoms with Crippen LogP contribution in [0.3, 0.4) is 0 Å². The Bertz CT molecular complexity index is 2650. The molecule has 0 amide bonds. The Morgan fingerprint density at radius 2 is 1.05 bits per heavy atom. The molecule has 5 nitrogen and oxygen atoms in total. The quantitative estimate of drug-likeness (QED) is 0.216. The fraction of sp³-hybridized carbons (Fsp3) is 0. The lowest BCUT2D eigenvalue weighted by Crippen LogP contribution is -1.95. The van der Waals surface area contributed by atoms with Gasteiger partial charge < -0.3 is 13.6 Å². The molecule has 0 radical (unpaired) electrons. The van der Waals surface area contributed by atoms with E-state index >= 15 is 0 Å². The van der Waals surface area contributed by atoms with Crippen LogP contribution in [-0.4, -0.2) is 9.13 Å². The Morgan fingerprint density at radius 3 is 1.70 bits per heavy atom. The van der Waals surface area contributed by atoms with Crippen molar-refractivity contribution in [2.24, 2.45) is 0 Å². The molecule has 198 valence electrons. The molecule has 0 fully saturated rings. The molecule has 9 aromatic rings. The molecule has 0 saturated heterocycles. The van der Waals surface area contributed by atoms with Gasteiger partial charge in [-0.3, -0.25) is 0 Å². The van der Waals surface area contributed by atoms with E-state index in [-0.39, 0.29) is 0 Å². The summed E-state index contributed by atoms with van der Waals surface area (Å²) >= 11 is 0. The lowest BCUT2D eigenvalue weighted by molar-refractivity contribution is 0.667. The van der Waals surface area contributed by atoms with Crippen molar-refractivity contribution in [3.05, 3.63) is 132 Å². The zero-order valence-electron chi connectivity index (χ0n) is 22.7. The normalized spacial score (nSPS) is 11.7. The van der Waals surface area contributed by atoms with Crippen molar-refractivity contribution in [3.63, 3.8) is 0 Å². The van der Waals surface area contributed by atoms with Crippen molar-refractivity contribution in [1.82, 2.24) is 9.13 Å². The molecule has 5 heteroatoms. The summed E-state index contributed by atoms with van der Waals surface area (Å²) in [6.07, 6.45) is 0. The first-order chi connectivity index (χ1) is 21.2. The number of benzene rings is 6. The van der Waals surface area contributed by atoms with Crippen LogP contribution in [0.1, 0.15) is 11.1 Å². The molecule has 0 aliphatic heterocycles. The molecule has 0 aliphatic carbocycles. The second-order valence-corrected chi connectivity index (χ2v) is 10.8. The highest BCUT2D eigenvalue weighted by Gasteiger charge is 2.19. The molecule has 6 aromatic carbocycles. The summed E-state index contributed by atoms with van der Waals surface area (Å²) in [5.41, 5.74) is 8.54. The fourth-order valence-electron chi connectivity index (χ4n) is 6.72. The first-order valence-corrected chi connectivity index (χ1v) is 14.1. The maximum atomic E-state index is 10.3. The first kappa shape index (κ1) is 23.4. The maximum absolute atomic E-state index is 10.3. The first-order valence-electron chi connectivity index (χ1n) is 14.1. The van der Waals surface area contributed by atoms with Crippen molar-refractivity contribution in [1.29, 1.82) is 10.5 Å². The van der Waals surface area contributed by atoms with Gasteiger partial charge in [0.2, 0.25) is 0 Å². The van der Waals surface area contributed by atoms with E-state index in [2.05, 4.69) is 100 Å². The number of hydrogen-bond donors (Lipinski definition) is 0.